The predicted octanol–water partition coefficient (Wildman–Crippen LogP) is 4.33. The zero-order valence-corrected chi connectivity index (χ0v) is 19.1. The summed E-state index contributed by atoms with van der Waals surface area (Å²) in [5.74, 6) is -0.616. The molecule has 1 heterocycles. The molecule has 0 aromatic heterocycles. The van der Waals surface area contributed by atoms with Crippen LogP contribution in [-0.4, -0.2) is 43.0 Å². The molecule has 1 N–H and O–H groups in total. The van der Waals surface area contributed by atoms with Crippen LogP contribution in [0.2, 0.25) is 0 Å². The van der Waals surface area contributed by atoms with E-state index in [-0.39, 0.29) is 23.4 Å². The Morgan fingerprint density at radius 2 is 1.35 bits per heavy atom. The summed E-state index contributed by atoms with van der Waals surface area (Å²) in [6.07, 6.45) is 0. The lowest BCUT2D eigenvalue weighted by atomic mass is 9.94. The number of ether oxygens (including phenoxy) is 3. The summed E-state index contributed by atoms with van der Waals surface area (Å²) in [5, 5.41) is 11.4. The van der Waals surface area contributed by atoms with Gasteiger partial charge < -0.3 is 24.2 Å². The van der Waals surface area contributed by atoms with Gasteiger partial charge in [-0.1, -0.05) is 54.6 Å². The average molecular weight is 459 g/mol. The van der Waals surface area contributed by atoms with Crippen LogP contribution >= 0.6 is 0 Å². The van der Waals surface area contributed by atoms with Crippen LogP contribution in [0.15, 0.2) is 78.4 Å². The molecule has 7 nitrogen and oxygen atoms in total. The Labute approximate surface area is 197 Å². The molecule has 1 fully saturated rings. The van der Waals surface area contributed by atoms with Crippen LogP contribution in [0.1, 0.15) is 22.7 Å². The van der Waals surface area contributed by atoms with Crippen LogP contribution in [0.5, 0.6) is 17.2 Å². The SMILES string of the molecule is COc1ccccc1CN1C(=O)C(=O)/C(=C(/O)c2c(OC)cccc2OC)C1c1ccccc1. The van der Waals surface area contributed by atoms with Gasteiger partial charge >= 0.3 is 0 Å². The first-order valence-electron chi connectivity index (χ1n) is 10.7. The maximum absolute atomic E-state index is 13.3. The van der Waals surface area contributed by atoms with E-state index in [4.69, 9.17) is 14.2 Å². The Balaban J connectivity index is 1.93. The number of hydrogen-bond donors (Lipinski definition) is 1. The molecule has 0 saturated carbocycles. The summed E-state index contributed by atoms with van der Waals surface area (Å²) in [6.45, 7) is 0.119. The quantitative estimate of drug-likeness (QED) is 0.322. The molecule has 0 spiro atoms. The number of rotatable bonds is 7. The van der Waals surface area contributed by atoms with E-state index in [1.54, 1.807) is 31.4 Å². The standard InChI is InChI=1S/C27H25NO6/c1-32-19-13-8-7-12-18(19)16-28-24(17-10-5-4-6-11-17)23(26(30)27(28)31)25(29)22-20(33-2)14-9-15-21(22)34-3/h4-15,24,29H,16H2,1-3H3/b25-23+. The number of hydrogen-bond acceptors (Lipinski definition) is 6. The minimum absolute atomic E-state index is 0.0334. The number of amides is 1. The lowest BCUT2D eigenvalue weighted by Crippen LogP contribution is -2.29. The highest BCUT2D eigenvalue weighted by Crippen LogP contribution is 2.44. The van der Waals surface area contributed by atoms with Gasteiger partial charge in [0.2, 0.25) is 0 Å². The molecule has 3 aromatic carbocycles. The van der Waals surface area contributed by atoms with Crippen molar-refractivity contribution in [2.75, 3.05) is 21.3 Å². The number of benzene rings is 3. The van der Waals surface area contributed by atoms with Gasteiger partial charge in [-0.15, -0.1) is 0 Å². The lowest BCUT2D eigenvalue weighted by Gasteiger charge is -2.26. The molecular formula is C27H25NO6. The van der Waals surface area contributed by atoms with Gasteiger partial charge in [0.05, 0.1) is 39.5 Å². The highest BCUT2D eigenvalue weighted by molar-refractivity contribution is 6.46. The molecule has 0 aliphatic carbocycles. The second-order valence-corrected chi connectivity index (χ2v) is 7.69. The topological polar surface area (TPSA) is 85.3 Å². The molecule has 174 valence electrons. The largest absolute Gasteiger partial charge is 0.506 e. The third-order valence-corrected chi connectivity index (χ3v) is 5.85. The van der Waals surface area contributed by atoms with Crippen molar-refractivity contribution in [2.45, 2.75) is 12.6 Å². The first kappa shape index (κ1) is 22.9. The minimum Gasteiger partial charge on any atom is -0.506 e. The smallest absolute Gasteiger partial charge is 0.295 e. The number of carbonyl (C=O) groups is 2. The molecule has 1 saturated heterocycles. The Bertz CT molecular complexity index is 1230. The number of methoxy groups -OCH3 is 3. The van der Waals surface area contributed by atoms with Gasteiger partial charge in [-0.25, -0.2) is 0 Å². The second kappa shape index (κ2) is 9.70. The first-order valence-corrected chi connectivity index (χ1v) is 10.7. The van der Waals surface area contributed by atoms with Crippen molar-refractivity contribution in [3.8, 4) is 17.2 Å². The zero-order chi connectivity index (χ0) is 24.2. The molecule has 3 aromatic rings. The average Bonchev–Trinajstić information content (AvgIpc) is 3.13. The summed E-state index contributed by atoms with van der Waals surface area (Å²) in [6, 6.07) is 20.6. The van der Waals surface area contributed by atoms with Crippen molar-refractivity contribution in [2.24, 2.45) is 0 Å². The van der Waals surface area contributed by atoms with Crippen LogP contribution in [0.4, 0.5) is 0 Å². The number of para-hydroxylation sites is 1. The first-order chi connectivity index (χ1) is 16.5. The van der Waals surface area contributed by atoms with Crippen molar-refractivity contribution in [1.82, 2.24) is 4.90 Å². The molecule has 1 unspecified atom stereocenters. The summed E-state index contributed by atoms with van der Waals surface area (Å²) in [7, 11) is 4.47. The van der Waals surface area contributed by atoms with Gasteiger partial charge in [0.25, 0.3) is 11.7 Å². The third kappa shape index (κ3) is 3.96. The molecule has 1 aliphatic heterocycles. The van der Waals surface area contributed by atoms with Crippen LogP contribution in [0.25, 0.3) is 5.76 Å². The Morgan fingerprint density at radius 1 is 0.794 bits per heavy atom. The van der Waals surface area contributed by atoms with Gasteiger partial charge in [-0.2, -0.15) is 0 Å². The van der Waals surface area contributed by atoms with Crippen LogP contribution in [0, 0.1) is 0 Å². The van der Waals surface area contributed by atoms with Gasteiger partial charge in [-0.05, 0) is 23.8 Å². The molecule has 34 heavy (non-hydrogen) atoms. The van der Waals surface area contributed by atoms with Crippen molar-refractivity contribution in [3.05, 3.63) is 95.1 Å². The zero-order valence-electron chi connectivity index (χ0n) is 19.1. The second-order valence-electron chi connectivity index (χ2n) is 7.69. The summed E-state index contributed by atoms with van der Waals surface area (Å²) >= 11 is 0. The van der Waals surface area contributed by atoms with E-state index in [1.807, 2.05) is 48.5 Å². The Kier molecular flexibility index (Phi) is 6.54. The maximum Gasteiger partial charge on any atom is 0.295 e. The maximum atomic E-state index is 13.3. The normalized spacial score (nSPS) is 17.0. The molecule has 1 aliphatic rings. The lowest BCUT2D eigenvalue weighted by molar-refractivity contribution is -0.140. The van der Waals surface area contributed by atoms with Gasteiger partial charge in [-0.3, -0.25) is 9.59 Å². The molecule has 1 amide bonds. The minimum atomic E-state index is -0.819. The van der Waals surface area contributed by atoms with Crippen molar-refractivity contribution in [1.29, 1.82) is 0 Å². The number of carbonyl (C=O) groups excluding carboxylic acids is 2. The molecule has 0 bridgehead atoms. The third-order valence-electron chi connectivity index (χ3n) is 5.85. The van der Waals surface area contributed by atoms with Gasteiger partial charge in [0.1, 0.15) is 28.6 Å². The van der Waals surface area contributed by atoms with E-state index in [2.05, 4.69) is 0 Å². The van der Waals surface area contributed by atoms with Crippen LogP contribution in [-0.2, 0) is 16.1 Å². The van der Waals surface area contributed by atoms with Crippen molar-refractivity contribution >= 4 is 17.4 Å². The molecule has 0 radical (unpaired) electrons. The summed E-state index contributed by atoms with van der Waals surface area (Å²) in [5.41, 5.74) is 1.60. The number of aliphatic hydroxyl groups is 1. The number of Topliss-reactive ketones (excluding diaryl/α,β-unsaturated/α-hetero) is 1. The Morgan fingerprint density at radius 3 is 1.97 bits per heavy atom. The molecule has 4 rings (SSSR count). The summed E-state index contributed by atoms with van der Waals surface area (Å²) < 4.78 is 16.3. The van der Waals surface area contributed by atoms with Crippen molar-refractivity contribution in [3.63, 3.8) is 0 Å². The fraction of sp³-hybridized carbons (Fsp3) is 0.185. The van der Waals surface area contributed by atoms with E-state index in [0.29, 0.717) is 22.8 Å². The highest BCUT2D eigenvalue weighted by Gasteiger charge is 2.46. The van der Waals surface area contributed by atoms with E-state index < -0.39 is 17.7 Å². The van der Waals surface area contributed by atoms with E-state index in [1.165, 1.54) is 19.1 Å². The number of likely N-dealkylation sites (tertiary alicyclic amines) is 1. The van der Waals surface area contributed by atoms with Crippen LogP contribution < -0.4 is 14.2 Å². The predicted molar refractivity (Wildman–Crippen MR) is 127 cm³/mol. The fourth-order valence-electron chi connectivity index (χ4n) is 4.26. The number of aliphatic hydroxyl groups excluding tert-OH is 1. The fourth-order valence-corrected chi connectivity index (χ4v) is 4.26. The number of ketones is 1. The van der Waals surface area contributed by atoms with E-state index >= 15 is 0 Å². The van der Waals surface area contributed by atoms with E-state index in [9.17, 15) is 14.7 Å². The van der Waals surface area contributed by atoms with Gasteiger partial charge in [0.15, 0.2) is 0 Å². The van der Waals surface area contributed by atoms with E-state index in [0.717, 1.165) is 5.56 Å². The number of nitrogens with zero attached hydrogens (tertiary/aromatic N) is 1. The Hall–Kier alpha value is -4.26. The highest BCUT2D eigenvalue weighted by atomic mass is 16.5. The molecule has 1 atom stereocenters. The molecule has 7 heteroatoms. The van der Waals surface area contributed by atoms with Gasteiger partial charge in [0, 0.05) is 5.56 Å². The summed E-state index contributed by atoms with van der Waals surface area (Å²) in [4.78, 5) is 28.1. The van der Waals surface area contributed by atoms with Crippen molar-refractivity contribution < 1.29 is 28.9 Å². The monoisotopic (exact) mass is 459 g/mol. The molecular weight excluding hydrogens is 434 g/mol. The van der Waals surface area contributed by atoms with Crippen LogP contribution in [0.3, 0.4) is 0 Å².